The van der Waals surface area contributed by atoms with Gasteiger partial charge in [-0.3, -0.25) is 4.79 Å². The van der Waals surface area contributed by atoms with Crippen LogP contribution in [0.1, 0.15) is 35.2 Å². The summed E-state index contributed by atoms with van der Waals surface area (Å²) < 4.78 is 0. The summed E-state index contributed by atoms with van der Waals surface area (Å²) in [5.41, 5.74) is 1.95. The highest BCUT2D eigenvalue weighted by atomic mass is 16.1. The molecule has 19 heavy (non-hydrogen) atoms. The second-order valence-corrected chi connectivity index (χ2v) is 5.96. The van der Waals surface area contributed by atoms with Crippen LogP contribution >= 0.6 is 0 Å². The Morgan fingerprint density at radius 3 is 2.68 bits per heavy atom. The number of benzene rings is 1. The summed E-state index contributed by atoms with van der Waals surface area (Å²) in [6.07, 6.45) is 3.98. The molecule has 1 saturated carbocycles. The fourth-order valence-corrected chi connectivity index (χ4v) is 2.84. The molecular weight excluding hydrogens is 236 g/mol. The van der Waals surface area contributed by atoms with E-state index in [1.807, 2.05) is 31.2 Å². The van der Waals surface area contributed by atoms with Crippen LogP contribution < -0.4 is 5.32 Å². The summed E-state index contributed by atoms with van der Waals surface area (Å²) in [6, 6.07) is 8.63. The number of amides is 1. The number of hydrogen-bond acceptors (Lipinski definition) is 2. The summed E-state index contributed by atoms with van der Waals surface area (Å²) >= 11 is 0. The average Bonchev–Trinajstić information content (AvgIpc) is 3.16. The lowest BCUT2D eigenvalue weighted by Crippen LogP contribution is -2.31. The van der Waals surface area contributed by atoms with Crippen LogP contribution in [0.2, 0.25) is 0 Å². The summed E-state index contributed by atoms with van der Waals surface area (Å²) in [5.74, 6) is 0.694. The van der Waals surface area contributed by atoms with E-state index >= 15 is 0 Å². The van der Waals surface area contributed by atoms with Gasteiger partial charge in [0.1, 0.15) is 0 Å². The van der Waals surface area contributed by atoms with E-state index in [0.717, 1.165) is 18.2 Å². The van der Waals surface area contributed by atoms with Crippen molar-refractivity contribution in [2.45, 2.75) is 32.2 Å². The lowest BCUT2D eigenvalue weighted by molar-refractivity contribution is 0.0947. The fraction of sp³-hybridized carbons (Fsp3) is 0.562. The topological polar surface area (TPSA) is 32.3 Å². The molecule has 2 aliphatic rings. The number of hydrogen-bond donors (Lipinski definition) is 1. The van der Waals surface area contributed by atoms with Crippen molar-refractivity contribution < 1.29 is 4.79 Å². The van der Waals surface area contributed by atoms with E-state index in [4.69, 9.17) is 0 Å². The zero-order valence-electron chi connectivity index (χ0n) is 11.6. The number of likely N-dealkylation sites (tertiary alicyclic amines) is 1. The van der Waals surface area contributed by atoms with Crippen molar-refractivity contribution in [1.29, 1.82) is 0 Å². The van der Waals surface area contributed by atoms with Crippen LogP contribution in [-0.4, -0.2) is 36.5 Å². The van der Waals surface area contributed by atoms with E-state index in [1.54, 1.807) is 0 Å². The first kappa shape index (κ1) is 12.7. The molecule has 3 nitrogen and oxygen atoms in total. The average molecular weight is 258 g/mol. The fourth-order valence-electron chi connectivity index (χ4n) is 2.84. The normalized spacial score (nSPS) is 23.5. The first-order valence-electron chi connectivity index (χ1n) is 7.31. The van der Waals surface area contributed by atoms with Gasteiger partial charge in [-0.2, -0.15) is 0 Å². The van der Waals surface area contributed by atoms with Crippen molar-refractivity contribution in [2.75, 3.05) is 19.6 Å². The first-order chi connectivity index (χ1) is 9.22. The standard InChI is InChI=1S/C16H22N2O/c1-12-2-4-14(5-3-12)16(19)17-10-13-8-9-18(11-13)15-6-7-15/h2-5,13,15H,6-11H2,1H3,(H,17,19)/t13-/m0/s1. The van der Waals surface area contributed by atoms with Crippen LogP contribution in [0.15, 0.2) is 24.3 Å². The molecule has 3 heteroatoms. The maximum absolute atomic E-state index is 12.0. The highest BCUT2D eigenvalue weighted by Gasteiger charge is 2.34. The molecule has 0 bridgehead atoms. The van der Waals surface area contributed by atoms with Crippen LogP contribution in [0.25, 0.3) is 0 Å². The van der Waals surface area contributed by atoms with Gasteiger partial charge in [-0.15, -0.1) is 0 Å². The highest BCUT2D eigenvalue weighted by Crippen LogP contribution is 2.31. The third-order valence-corrected chi connectivity index (χ3v) is 4.25. The maximum atomic E-state index is 12.0. The van der Waals surface area contributed by atoms with E-state index in [1.165, 1.54) is 37.9 Å². The number of nitrogens with zero attached hydrogens (tertiary/aromatic N) is 1. The number of nitrogens with one attached hydrogen (secondary N) is 1. The number of aryl methyl sites for hydroxylation is 1. The Kier molecular flexibility index (Phi) is 3.56. The van der Waals surface area contributed by atoms with Crippen molar-refractivity contribution >= 4 is 5.91 Å². The monoisotopic (exact) mass is 258 g/mol. The largest absolute Gasteiger partial charge is 0.352 e. The highest BCUT2D eigenvalue weighted by molar-refractivity contribution is 5.94. The number of carbonyl (C=O) groups is 1. The van der Waals surface area contributed by atoms with Gasteiger partial charge in [-0.25, -0.2) is 0 Å². The molecule has 0 spiro atoms. The molecule has 102 valence electrons. The lowest BCUT2D eigenvalue weighted by atomic mass is 10.1. The Balaban J connectivity index is 1.46. The Labute approximate surface area is 115 Å². The predicted molar refractivity (Wildman–Crippen MR) is 76.2 cm³/mol. The van der Waals surface area contributed by atoms with Crippen LogP contribution in [0, 0.1) is 12.8 Å². The van der Waals surface area contributed by atoms with Crippen molar-refractivity contribution in [3.63, 3.8) is 0 Å². The maximum Gasteiger partial charge on any atom is 0.251 e. The zero-order valence-corrected chi connectivity index (χ0v) is 11.6. The second kappa shape index (κ2) is 5.33. The Hall–Kier alpha value is -1.35. The molecule has 1 aliphatic carbocycles. The molecule has 3 rings (SSSR count). The minimum atomic E-state index is 0.0601. The Bertz CT molecular complexity index is 450. The van der Waals surface area contributed by atoms with Gasteiger partial charge in [-0.05, 0) is 50.8 Å². The number of carbonyl (C=O) groups excluding carboxylic acids is 1. The second-order valence-electron chi connectivity index (χ2n) is 5.96. The summed E-state index contributed by atoms with van der Waals surface area (Å²) in [7, 11) is 0. The Morgan fingerprint density at radius 1 is 1.26 bits per heavy atom. The van der Waals surface area contributed by atoms with Gasteiger partial charge in [-0.1, -0.05) is 17.7 Å². The minimum absolute atomic E-state index is 0.0601. The molecule has 2 fully saturated rings. The predicted octanol–water partition coefficient (Wildman–Crippen LogP) is 2.21. The molecule has 1 atom stereocenters. The van der Waals surface area contributed by atoms with E-state index < -0.39 is 0 Å². The van der Waals surface area contributed by atoms with Crippen LogP contribution in [-0.2, 0) is 0 Å². The molecule has 0 aromatic heterocycles. The van der Waals surface area contributed by atoms with E-state index in [2.05, 4.69) is 10.2 Å². The molecule has 1 N–H and O–H groups in total. The van der Waals surface area contributed by atoms with Gasteiger partial charge < -0.3 is 10.2 Å². The van der Waals surface area contributed by atoms with Crippen LogP contribution in [0.4, 0.5) is 0 Å². The quantitative estimate of drug-likeness (QED) is 0.898. The molecule has 1 amide bonds. The Morgan fingerprint density at radius 2 is 2.00 bits per heavy atom. The van der Waals surface area contributed by atoms with Gasteiger partial charge in [0.25, 0.3) is 5.91 Å². The molecule has 1 aliphatic heterocycles. The van der Waals surface area contributed by atoms with Crippen LogP contribution in [0.5, 0.6) is 0 Å². The summed E-state index contributed by atoms with van der Waals surface area (Å²) in [4.78, 5) is 14.6. The van der Waals surface area contributed by atoms with Crippen LogP contribution in [0.3, 0.4) is 0 Å². The summed E-state index contributed by atoms with van der Waals surface area (Å²) in [5, 5.41) is 3.07. The molecule has 0 unspecified atom stereocenters. The van der Waals surface area contributed by atoms with Gasteiger partial charge in [0.15, 0.2) is 0 Å². The molecular formula is C16H22N2O. The van der Waals surface area contributed by atoms with E-state index in [-0.39, 0.29) is 5.91 Å². The summed E-state index contributed by atoms with van der Waals surface area (Å²) in [6.45, 7) is 5.23. The SMILES string of the molecule is Cc1ccc(C(=O)NC[C@@H]2CCN(C3CC3)C2)cc1. The molecule has 1 saturated heterocycles. The zero-order chi connectivity index (χ0) is 13.2. The third-order valence-electron chi connectivity index (χ3n) is 4.25. The van der Waals surface area contributed by atoms with Gasteiger partial charge >= 0.3 is 0 Å². The van der Waals surface area contributed by atoms with Crippen molar-refractivity contribution in [3.8, 4) is 0 Å². The molecule has 1 heterocycles. The van der Waals surface area contributed by atoms with Gasteiger partial charge in [0, 0.05) is 24.7 Å². The number of rotatable bonds is 4. The van der Waals surface area contributed by atoms with E-state index in [0.29, 0.717) is 5.92 Å². The molecule has 1 aromatic carbocycles. The lowest BCUT2D eigenvalue weighted by Gasteiger charge is -2.15. The van der Waals surface area contributed by atoms with Crippen molar-refractivity contribution in [2.24, 2.45) is 5.92 Å². The van der Waals surface area contributed by atoms with Gasteiger partial charge in [0.05, 0.1) is 0 Å². The van der Waals surface area contributed by atoms with Crippen molar-refractivity contribution in [3.05, 3.63) is 35.4 Å². The molecule has 1 aromatic rings. The van der Waals surface area contributed by atoms with Gasteiger partial charge in [0.2, 0.25) is 0 Å². The minimum Gasteiger partial charge on any atom is -0.352 e. The smallest absolute Gasteiger partial charge is 0.251 e. The first-order valence-corrected chi connectivity index (χ1v) is 7.31. The molecule has 0 radical (unpaired) electrons. The van der Waals surface area contributed by atoms with E-state index in [9.17, 15) is 4.79 Å². The van der Waals surface area contributed by atoms with Crippen molar-refractivity contribution in [1.82, 2.24) is 10.2 Å². The third kappa shape index (κ3) is 3.16.